The molecular weight excluding hydrogens is 320 g/mol. The van der Waals surface area contributed by atoms with Crippen LogP contribution in [-0.4, -0.2) is 7.11 Å². The van der Waals surface area contributed by atoms with E-state index in [4.69, 9.17) is 9.47 Å². The first-order valence-corrected chi connectivity index (χ1v) is 7.59. The van der Waals surface area contributed by atoms with Crippen LogP contribution in [-0.2, 0) is 0 Å². The topological polar surface area (TPSA) is 71.1 Å². The number of anilines is 2. The van der Waals surface area contributed by atoms with Crippen LogP contribution in [0.2, 0.25) is 0 Å². The molecule has 0 spiro atoms. The van der Waals surface area contributed by atoms with E-state index < -0.39 is 0 Å². The van der Waals surface area contributed by atoms with Crippen LogP contribution in [0.5, 0.6) is 17.2 Å². The highest BCUT2D eigenvalue weighted by molar-refractivity contribution is 5.59. The highest BCUT2D eigenvalue weighted by Crippen LogP contribution is 2.27. The number of para-hydroxylation sites is 1. The molecule has 0 heterocycles. The number of nitrogens with zero attached hydrogens (tertiary/aromatic N) is 2. The molecule has 0 saturated heterocycles. The van der Waals surface area contributed by atoms with Gasteiger partial charge in [0.15, 0.2) is 0 Å². The van der Waals surface area contributed by atoms with Crippen molar-refractivity contribution in [3.8, 4) is 17.2 Å². The van der Waals surface area contributed by atoms with Gasteiger partial charge in [0, 0.05) is 11.4 Å². The molecule has 25 heavy (non-hydrogen) atoms. The maximum absolute atomic E-state index is 12.2. The molecule has 0 amide bonds. The van der Waals surface area contributed by atoms with Gasteiger partial charge in [0.25, 0.3) is 0 Å². The number of methoxy groups -OCH3 is 1. The first-order chi connectivity index (χ1) is 12.2. The largest absolute Gasteiger partial charge is 0.739 e. The van der Waals surface area contributed by atoms with Gasteiger partial charge >= 0.3 is 0 Å². The van der Waals surface area contributed by atoms with Crippen molar-refractivity contribution in [2.45, 2.75) is 0 Å². The van der Waals surface area contributed by atoms with Gasteiger partial charge in [-0.1, -0.05) is 18.2 Å². The lowest BCUT2D eigenvalue weighted by atomic mass is 10.3. The zero-order chi connectivity index (χ0) is 17.6. The van der Waals surface area contributed by atoms with Crippen molar-refractivity contribution < 1.29 is 9.47 Å². The minimum Gasteiger partial charge on any atom is -0.739 e. The van der Waals surface area contributed by atoms with Gasteiger partial charge in [0.05, 0.1) is 7.11 Å². The van der Waals surface area contributed by atoms with Gasteiger partial charge in [0.1, 0.15) is 17.2 Å². The molecule has 128 valence electrons. The Morgan fingerprint density at radius 3 is 1.56 bits per heavy atom. The normalized spacial score (nSPS) is 10.2. The fourth-order valence-electron chi connectivity index (χ4n) is 2.19. The third-order valence-corrected chi connectivity index (χ3v) is 3.49. The fraction of sp³-hybridized carbons (Fsp3) is 0.0526. The van der Waals surface area contributed by atoms with E-state index in [2.05, 4.69) is 0 Å². The van der Waals surface area contributed by atoms with Gasteiger partial charge in [-0.05, 0) is 60.7 Å². The van der Waals surface area contributed by atoms with Crippen LogP contribution < -0.4 is 19.8 Å². The molecule has 3 aromatic carbocycles. The molecule has 3 aromatic rings. The predicted molar refractivity (Wildman–Crippen MR) is 97.6 cm³/mol. The number of hydrogen-bond acceptors (Lipinski definition) is 6. The first-order valence-electron chi connectivity index (χ1n) is 7.59. The van der Waals surface area contributed by atoms with E-state index >= 15 is 0 Å². The third-order valence-electron chi connectivity index (χ3n) is 3.49. The van der Waals surface area contributed by atoms with Crippen LogP contribution in [0.15, 0.2) is 78.9 Å². The SMILES string of the molecule is COc1ccc(Oc2ccc(N([O-])N([O-])c3ccccc3)cc2)cc1. The quantitative estimate of drug-likeness (QED) is 0.607. The van der Waals surface area contributed by atoms with Crippen molar-refractivity contribution in [2.75, 3.05) is 17.5 Å². The minimum atomic E-state index is 0.209. The lowest BCUT2D eigenvalue weighted by molar-refractivity contribution is 0.413. The Kier molecular flexibility index (Phi) is 5.03. The molecule has 0 saturated carbocycles. The summed E-state index contributed by atoms with van der Waals surface area (Å²) in [7, 11) is 1.60. The lowest BCUT2D eigenvalue weighted by Gasteiger charge is -2.47. The summed E-state index contributed by atoms with van der Waals surface area (Å²) in [6.07, 6.45) is 0. The zero-order valence-corrected chi connectivity index (χ0v) is 13.5. The number of hydrazine groups is 1. The van der Waals surface area contributed by atoms with Crippen molar-refractivity contribution in [1.29, 1.82) is 0 Å². The van der Waals surface area contributed by atoms with E-state index in [1.54, 1.807) is 73.8 Å². The molecule has 0 bridgehead atoms. The van der Waals surface area contributed by atoms with Crippen LogP contribution in [0.25, 0.3) is 0 Å². The Bertz CT molecular complexity index is 792. The zero-order valence-electron chi connectivity index (χ0n) is 13.5. The molecule has 0 N–H and O–H groups in total. The Hall–Kier alpha value is -3.22. The molecular formula is C19H16N2O4-2. The van der Waals surface area contributed by atoms with Crippen LogP contribution in [0.1, 0.15) is 0 Å². The first kappa shape index (κ1) is 16.6. The monoisotopic (exact) mass is 336 g/mol. The molecule has 0 aliphatic carbocycles. The standard InChI is InChI=1S/C19H16N2O4/c1-24-17-11-13-19(14-12-17)25-18-9-7-16(8-10-18)21(23)20(22)15-5-3-2-4-6-15/h2-14H,1H3/q-2. The summed E-state index contributed by atoms with van der Waals surface area (Å²) in [6, 6.07) is 21.8. The second-order valence-corrected chi connectivity index (χ2v) is 5.15. The molecule has 0 radical (unpaired) electrons. The van der Waals surface area contributed by atoms with Crippen molar-refractivity contribution in [1.82, 2.24) is 0 Å². The van der Waals surface area contributed by atoms with Gasteiger partial charge in [-0.15, -0.1) is 0 Å². The Morgan fingerprint density at radius 1 is 0.600 bits per heavy atom. The average molecular weight is 336 g/mol. The molecule has 3 rings (SSSR count). The molecule has 0 aliphatic rings. The van der Waals surface area contributed by atoms with Crippen LogP contribution in [0.4, 0.5) is 11.4 Å². The molecule has 0 aliphatic heterocycles. The van der Waals surface area contributed by atoms with E-state index in [-0.39, 0.29) is 16.5 Å². The lowest BCUT2D eigenvalue weighted by Crippen LogP contribution is -2.33. The highest BCUT2D eigenvalue weighted by atomic mass is 16.7. The highest BCUT2D eigenvalue weighted by Gasteiger charge is 2.02. The predicted octanol–water partition coefficient (Wildman–Crippen LogP) is 4.71. The maximum Gasteiger partial charge on any atom is 0.127 e. The number of ether oxygens (including phenoxy) is 2. The van der Waals surface area contributed by atoms with Gasteiger partial charge in [-0.2, -0.15) is 0 Å². The van der Waals surface area contributed by atoms with Crippen molar-refractivity contribution in [3.63, 3.8) is 0 Å². The van der Waals surface area contributed by atoms with E-state index in [1.807, 2.05) is 0 Å². The number of rotatable bonds is 6. The summed E-state index contributed by atoms with van der Waals surface area (Å²) in [5.74, 6) is 1.93. The smallest absolute Gasteiger partial charge is 0.127 e. The Morgan fingerprint density at radius 2 is 1.04 bits per heavy atom. The Balaban J connectivity index is 1.68. The molecule has 6 nitrogen and oxygen atoms in total. The van der Waals surface area contributed by atoms with Crippen LogP contribution in [0.3, 0.4) is 0 Å². The summed E-state index contributed by atoms with van der Waals surface area (Å²) in [5.41, 5.74) is 0.469. The summed E-state index contributed by atoms with van der Waals surface area (Å²) in [6.45, 7) is 0. The maximum atomic E-state index is 12.2. The third kappa shape index (κ3) is 4.00. The van der Waals surface area contributed by atoms with Crippen molar-refractivity contribution in [2.24, 2.45) is 0 Å². The average Bonchev–Trinajstić information content (AvgIpc) is 2.69. The summed E-state index contributed by atoms with van der Waals surface area (Å²) in [5, 5.41) is 24.8. The van der Waals surface area contributed by atoms with E-state index in [1.165, 1.54) is 12.1 Å². The van der Waals surface area contributed by atoms with Gasteiger partial charge < -0.3 is 30.2 Å². The molecule has 0 fully saturated rings. The summed E-state index contributed by atoms with van der Waals surface area (Å²) < 4.78 is 10.8. The van der Waals surface area contributed by atoms with Crippen LogP contribution >= 0.6 is 0 Å². The summed E-state index contributed by atoms with van der Waals surface area (Å²) in [4.78, 5) is 0. The van der Waals surface area contributed by atoms with Crippen molar-refractivity contribution >= 4 is 11.4 Å². The number of benzene rings is 3. The van der Waals surface area contributed by atoms with Crippen LogP contribution in [0, 0.1) is 10.4 Å². The summed E-state index contributed by atoms with van der Waals surface area (Å²) >= 11 is 0. The molecule has 0 unspecified atom stereocenters. The molecule has 6 heteroatoms. The van der Waals surface area contributed by atoms with E-state index in [0.717, 1.165) is 5.75 Å². The van der Waals surface area contributed by atoms with Crippen molar-refractivity contribution in [3.05, 3.63) is 89.3 Å². The number of hydrogen-bond donors (Lipinski definition) is 0. The molecule has 0 atom stereocenters. The fourth-order valence-corrected chi connectivity index (χ4v) is 2.19. The van der Waals surface area contributed by atoms with E-state index in [9.17, 15) is 10.4 Å². The molecule has 0 aromatic heterocycles. The Labute approximate surface area is 145 Å². The van der Waals surface area contributed by atoms with Gasteiger partial charge in [-0.25, -0.2) is 0 Å². The van der Waals surface area contributed by atoms with Gasteiger partial charge in [0.2, 0.25) is 0 Å². The minimum absolute atomic E-state index is 0.209. The second-order valence-electron chi connectivity index (χ2n) is 5.15. The van der Waals surface area contributed by atoms with Gasteiger partial charge in [-0.3, -0.25) is 0 Å². The van der Waals surface area contributed by atoms with E-state index in [0.29, 0.717) is 16.7 Å². The second kappa shape index (κ2) is 7.57.